The Labute approximate surface area is 178 Å². The first-order chi connectivity index (χ1) is 14.3. The van der Waals surface area contributed by atoms with E-state index in [0.29, 0.717) is 17.4 Å². The molecular formula is C17H19F4N4O4S2+. The number of alkyl halides is 3. The van der Waals surface area contributed by atoms with Crippen LogP contribution in [0.3, 0.4) is 0 Å². The van der Waals surface area contributed by atoms with E-state index in [4.69, 9.17) is 5.41 Å². The molecule has 0 fully saturated rings. The van der Waals surface area contributed by atoms with Crippen LogP contribution in [0.25, 0.3) is 5.69 Å². The number of nitrogens with two attached hydrogens (primary N) is 1. The lowest BCUT2D eigenvalue weighted by Gasteiger charge is -2.16. The van der Waals surface area contributed by atoms with E-state index in [1.54, 1.807) is 6.92 Å². The molecule has 0 spiro atoms. The van der Waals surface area contributed by atoms with E-state index in [1.165, 1.54) is 0 Å². The molecule has 0 amide bonds. The quantitative estimate of drug-likeness (QED) is 0.349. The van der Waals surface area contributed by atoms with E-state index in [-0.39, 0.29) is 45.5 Å². The second kappa shape index (κ2) is 9.26. The Morgan fingerprint density at radius 2 is 1.87 bits per heavy atom. The van der Waals surface area contributed by atoms with Crippen LogP contribution in [0.1, 0.15) is 31.0 Å². The van der Waals surface area contributed by atoms with Crippen LogP contribution < -0.4 is 21.4 Å². The number of rotatable bonds is 7. The van der Waals surface area contributed by atoms with Gasteiger partial charge in [-0.05, 0) is 24.6 Å². The number of hydrogen-bond acceptors (Lipinski definition) is 5. The minimum Gasteiger partial charge on any atom is -0.292 e. The summed E-state index contributed by atoms with van der Waals surface area (Å²) < 4.78 is 79.6. The third kappa shape index (κ3) is 5.55. The molecule has 1 heterocycles. The molecule has 0 saturated carbocycles. The van der Waals surface area contributed by atoms with E-state index in [0.717, 1.165) is 25.2 Å². The predicted molar refractivity (Wildman–Crippen MR) is 109 cm³/mol. The van der Waals surface area contributed by atoms with Crippen LogP contribution in [0.2, 0.25) is 0 Å². The lowest BCUT2D eigenvalue weighted by molar-refractivity contribution is -0.144. The summed E-state index contributed by atoms with van der Waals surface area (Å²) in [6, 6.07) is 3.56. The third-order valence-corrected chi connectivity index (χ3v) is 6.00. The second-order valence-electron chi connectivity index (χ2n) is 6.49. The van der Waals surface area contributed by atoms with Gasteiger partial charge >= 0.3 is 11.9 Å². The standard InChI is InChI=1S/C17H18F4N4O4S2/c1-3-4-7-31(28,29)23-12-8-10(5-6-11(12)15(22)30-21)25-14(26)9-13(17(18,19)20)24(2)16(25)27/h5-6,8-9,22-23H,3-4,7H2,1-2H3/p+1. The number of benzene rings is 1. The zero-order valence-corrected chi connectivity index (χ0v) is 18.0. The molecule has 2 aromatic rings. The van der Waals surface area contributed by atoms with E-state index in [9.17, 15) is 35.1 Å². The molecule has 0 saturated heterocycles. The van der Waals surface area contributed by atoms with E-state index >= 15 is 0 Å². The maximum Gasteiger partial charge on any atom is 0.431 e. The molecule has 8 nitrogen and oxygen atoms in total. The summed E-state index contributed by atoms with van der Waals surface area (Å²) in [5.41, 5.74) is -4.54. The van der Waals surface area contributed by atoms with Crippen LogP contribution in [0.15, 0.2) is 33.9 Å². The normalized spacial score (nSPS) is 12.1. The van der Waals surface area contributed by atoms with Crippen molar-refractivity contribution in [2.24, 2.45) is 7.05 Å². The van der Waals surface area contributed by atoms with Gasteiger partial charge in [-0.25, -0.2) is 23.2 Å². The predicted octanol–water partition coefficient (Wildman–Crippen LogP) is 1.22. The SMILES string of the molecule is CCCCS(=O)(=O)Nc1cc(-n2c(=O)cc(C(F)(F)F)n(C)c2=O)ccc1C(=[NH2+])SF. The fourth-order valence-electron chi connectivity index (χ4n) is 2.70. The summed E-state index contributed by atoms with van der Waals surface area (Å²) >= 11 is -0.349. The smallest absolute Gasteiger partial charge is 0.292 e. The maximum absolute atomic E-state index is 13.0. The Morgan fingerprint density at radius 3 is 2.42 bits per heavy atom. The number of anilines is 1. The first-order valence-electron chi connectivity index (χ1n) is 8.79. The Morgan fingerprint density at radius 1 is 1.23 bits per heavy atom. The number of halogens is 4. The monoisotopic (exact) mass is 483 g/mol. The fraction of sp³-hybridized carbons (Fsp3) is 0.353. The van der Waals surface area contributed by atoms with E-state index in [1.807, 2.05) is 0 Å². The summed E-state index contributed by atoms with van der Waals surface area (Å²) in [7, 11) is -3.04. The van der Waals surface area contributed by atoms with Gasteiger partial charge in [-0.2, -0.15) is 17.1 Å². The molecule has 1 aromatic carbocycles. The van der Waals surface area contributed by atoms with Crippen LogP contribution in [0, 0.1) is 0 Å². The molecular weight excluding hydrogens is 464 g/mol. The average molecular weight is 483 g/mol. The number of nitrogens with one attached hydrogen (secondary N) is 1. The van der Waals surface area contributed by atoms with Crippen LogP contribution in [0.5, 0.6) is 0 Å². The minimum atomic E-state index is -4.93. The van der Waals surface area contributed by atoms with Crippen LogP contribution in [-0.4, -0.2) is 28.3 Å². The highest BCUT2D eigenvalue weighted by Gasteiger charge is 2.35. The topological polar surface area (TPSA) is 116 Å². The Bertz CT molecular complexity index is 1220. The van der Waals surface area contributed by atoms with Crippen molar-refractivity contribution < 1.29 is 30.9 Å². The van der Waals surface area contributed by atoms with E-state index in [2.05, 4.69) is 4.72 Å². The molecule has 0 unspecified atom stereocenters. The molecule has 0 aliphatic carbocycles. The van der Waals surface area contributed by atoms with Crippen LogP contribution in [-0.2, 0) is 23.2 Å². The molecule has 0 radical (unpaired) electrons. The summed E-state index contributed by atoms with van der Waals surface area (Å²) in [5.74, 6) is -0.252. The molecule has 14 heteroatoms. The molecule has 31 heavy (non-hydrogen) atoms. The zero-order chi connectivity index (χ0) is 23.6. The molecule has 170 valence electrons. The summed E-state index contributed by atoms with van der Waals surface area (Å²) in [4.78, 5) is 24.8. The van der Waals surface area contributed by atoms with Gasteiger partial charge in [-0.15, -0.1) is 0 Å². The Hall–Kier alpha value is -2.61. The highest BCUT2D eigenvalue weighted by molar-refractivity contribution is 8.09. The van der Waals surface area contributed by atoms with Gasteiger partial charge in [0, 0.05) is 13.1 Å². The Kier molecular flexibility index (Phi) is 7.36. The van der Waals surface area contributed by atoms with Gasteiger partial charge in [0.15, 0.2) is 12.1 Å². The van der Waals surface area contributed by atoms with Gasteiger partial charge in [-0.3, -0.25) is 14.1 Å². The number of sulfonamides is 1. The highest BCUT2D eigenvalue weighted by atomic mass is 32.2. The molecule has 0 aliphatic heterocycles. The van der Waals surface area contributed by atoms with Crippen molar-refractivity contribution in [2.75, 3.05) is 10.5 Å². The van der Waals surface area contributed by atoms with Crippen molar-refractivity contribution in [2.45, 2.75) is 25.9 Å². The first kappa shape index (κ1) is 24.7. The lowest BCUT2D eigenvalue weighted by Crippen LogP contribution is -2.41. The maximum atomic E-state index is 13.0. The zero-order valence-electron chi connectivity index (χ0n) is 16.4. The van der Waals surface area contributed by atoms with Gasteiger partial charge in [-0.1, -0.05) is 13.3 Å². The van der Waals surface area contributed by atoms with Gasteiger partial charge in [0.2, 0.25) is 10.0 Å². The van der Waals surface area contributed by atoms with Gasteiger partial charge in [0.05, 0.1) is 22.7 Å². The fourth-order valence-corrected chi connectivity index (χ4v) is 4.24. The molecule has 0 aliphatic rings. The van der Waals surface area contributed by atoms with Gasteiger partial charge < -0.3 is 0 Å². The highest BCUT2D eigenvalue weighted by Crippen LogP contribution is 2.28. The average Bonchev–Trinajstić information content (AvgIpc) is 2.67. The molecule has 1 aromatic heterocycles. The van der Waals surface area contributed by atoms with Gasteiger partial charge in [0.25, 0.3) is 10.6 Å². The largest absolute Gasteiger partial charge is 0.431 e. The number of hydrogen-bond donors (Lipinski definition) is 2. The first-order valence-corrected chi connectivity index (χ1v) is 11.2. The number of nitrogens with zero attached hydrogens (tertiary/aromatic N) is 2. The van der Waals surface area contributed by atoms with Crippen molar-refractivity contribution in [1.82, 2.24) is 9.13 Å². The van der Waals surface area contributed by atoms with Crippen molar-refractivity contribution in [3.63, 3.8) is 0 Å². The van der Waals surface area contributed by atoms with E-state index < -0.39 is 38.2 Å². The third-order valence-electron chi connectivity index (χ3n) is 4.25. The molecule has 3 N–H and O–H groups in total. The minimum absolute atomic E-state index is 0.0619. The van der Waals surface area contributed by atoms with Crippen LogP contribution >= 0.6 is 12.1 Å². The number of aromatic nitrogens is 2. The number of unbranched alkanes of at least 4 members (excludes halogenated alkanes) is 1. The lowest BCUT2D eigenvalue weighted by atomic mass is 10.1. The van der Waals surface area contributed by atoms with Crippen LogP contribution in [0.4, 0.5) is 22.7 Å². The van der Waals surface area contributed by atoms with Crippen molar-refractivity contribution in [3.8, 4) is 5.69 Å². The summed E-state index contributed by atoms with van der Waals surface area (Å²) in [5, 5.41) is 5.17. The molecule has 0 bridgehead atoms. The summed E-state index contributed by atoms with van der Waals surface area (Å²) in [6.07, 6.45) is -4.02. The Balaban J connectivity index is 2.70. The van der Waals surface area contributed by atoms with Crippen molar-refractivity contribution in [3.05, 3.63) is 56.4 Å². The van der Waals surface area contributed by atoms with Gasteiger partial charge in [0.1, 0.15) is 5.69 Å². The summed E-state index contributed by atoms with van der Waals surface area (Å²) in [6.45, 7) is 1.78. The van der Waals surface area contributed by atoms with Crippen molar-refractivity contribution in [1.29, 1.82) is 0 Å². The molecule has 0 atom stereocenters. The van der Waals surface area contributed by atoms with Crippen molar-refractivity contribution >= 4 is 32.9 Å². The molecule has 2 rings (SSSR count). The second-order valence-corrected chi connectivity index (χ2v) is 8.92.